The molecule has 0 aromatic heterocycles. The van der Waals surface area contributed by atoms with Gasteiger partial charge in [0.25, 0.3) is 0 Å². The Morgan fingerprint density at radius 3 is 2.35 bits per heavy atom. The van der Waals surface area contributed by atoms with Crippen molar-refractivity contribution in [2.24, 2.45) is 0 Å². The molecule has 0 saturated carbocycles. The van der Waals surface area contributed by atoms with Crippen molar-refractivity contribution in [1.29, 1.82) is 0 Å². The van der Waals surface area contributed by atoms with Crippen molar-refractivity contribution in [2.75, 3.05) is 19.7 Å². The summed E-state index contributed by atoms with van der Waals surface area (Å²) in [6.45, 7) is 4.59. The third kappa shape index (κ3) is 7.86. The summed E-state index contributed by atoms with van der Waals surface area (Å²) < 4.78 is 12.7. The number of nitrogens with one attached hydrogen (secondary N) is 2. The minimum absolute atomic E-state index is 0.119. The quantitative estimate of drug-likeness (QED) is 0.307. The summed E-state index contributed by atoms with van der Waals surface area (Å²) in [5, 5.41) is 24.7. The standard InChI is InChI=1S/C23H40N2O6/c1-3-5-7-10-23(11-8-6-4-2)30-19-16-17(15-18(27)21(19)31-23)22(29)25-12-9-20(28)24-13-14-26/h16,18-19,21,26-27H,3-15H2,1-2H3,(H,24,28)(H,25,29)/t18-,19-,21+/m1/s1. The number of aliphatic hydroxyl groups excluding tert-OH is 2. The van der Waals surface area contributed by atoms with Crippen LogP contribution >= 0.6 is 0 Å². The summed E-state index contributed by atoms with van der Waals surface area (Å²) in [6.07, 6.45) is 8.45. The Morgan fingerprint density at radius 1 is 1.06 bits per heavy atom. The number of hydrogen-bond acceptors (Lipinski definition) is 6. The lowest BCUT2D eigenvalue weighted by Crippen LogP contribution is -2.41. The van der Waals surface area contributed by atoms with Crippen LogP contribution < -0.4 is 10.6 Å². The van der Waals surface area contributed by atoms with Crippen LogP contribution in [-0.4, -0.2) is 65.8 Å². The van der Waals surface area contributed by atoms with Crippen LogP contribution in [0.1, 0.15) is 78.1 Å². The van der Waals surface area contributed by atoms with Crippen molar-refractivity contribution in [3.63, 3.8) is 0 Å². The van der Waals surface area contributed by atoms with Crippen LogP contribution in [0.3, 0.4) is 0 Å². The lowest BCUT2D eigenvalue weighted by atomic mass is 9.92. The summed E-state index contributed by atoms with van der Waals surface area (Å²) in [5.74, 6) is -1.22. The maximum absolute atomic E-state index is 12.6. The monoisotopic (exact) mass is 440 g/mol. The topological polar surface area (TPSA) is 117 Å². The fourth-order valence-electron chi connectivity index (χ4n) is 4.20. The molecule has 1 aliphatic heterocycles. The molecule has 2 rings (SSSR count). The van der Waals surface area contributed by atoms with Gasteiger partial charge in [-0.2, -0.15) is 0 Å². The number of carbonyl (C=O) groups excluding carboxylic acids is 2. The predicted octanol–water partition coefficient (Wildman–Crippen LogP) is 1.93. The van der Waals surface area contributed by atoms with E-state index in [-0.39, 0.29) is 44.4 Å². The van der Waals surface area contributed by atoms with E-state index in [2.05, 4.69) is 24.5 Å². The van der Waals surface area contributed by atoms with Gasteiger partial charge in [0.2, 0.25) is 11.8 Å². The molecule has 3 atom stereocenters. The fourth-order valence-corrected chi connectivity index (χ4v) is 4.20. The summed E-state index contributed by atoms with van der Waals surface area (Å²) in [6, 6.07) is 0. The van der Waals surface area contributed by atoms with Gasteiger partial charge in [0.05, 0.1) is 12.7 Å². The van der Waals surface area contributed by atoms with Gasteiger partial charge in [-0.15, -0.1) is 0 Å². The molecule has 1 fully saturated rings. The molecular weight excluding hydrogens is 400 g/mol. The Labute approximate surface area is 185 Å². The largest absolute Gasteiger partial charge is 0.395 e. The third-order valence-corrected chi connectivity index (χ3v) is 5.88. The molecule has 8 heteroatoms. The second-order valence-electron chi connectivity index (χ2n) is 8.53. The van der Waals surface area contributed by atoms with E-state index in [4.69, 9.17) is 14.6 Å². The number of rotatable bonds is 14. The molecule has 0 unspecified atom stereocenters. The molecule has 0 bridgehead atoms. The molecule has 1 heterocycles. The molecule has 4 N–H and O–H groups in total. The first-order chi connectivity index (χ1) is 14.9. The minimum Gasteiger partial charge on any atom is -0.395 e. The molecular formula is C23H40N2O6. The normalized spacial score (nSPS) is 24.4. The Bertz CT molecular complexity index is 599. The first kappa shape index (κ1) is 25.8. The Balaban J connectivity index is 1.96. The van der Waals surface area contributed by atoms with Gasteiger partial charge >= 0.3 is 0 Å². The van der Waals surface area contributed by atoms with Crippen LogP contribution in [0.15, 0.2) is 11.6 Å². The number of hydrogen-bond donors (Lipinski definition) is 4. The van der Waals surface area contributed by atoms with Crippen molar-refractivity contribution >= 4 is 11.8 Å². The Kier molecular flexibility index (Phi) is 10.9. The van der Waals surface area contributed by atoms with E-state index in [0.29, 0.717) is 5.57 Å². The molecule has 0 radical (unpaired) electrons. The van der Waals surface area contributed by atoms with Crippen LogP contribution in [0, 0.1) is 0 Å². The highest BCUT2D eigenvalue weighted by atomic mass is 16.8. The van der Waals surface area contributed by atoms with Gasteiger partial charge in [-0.25, -0.2) is 0 Å². The average Bonchev–Trinajstić information content (AvgIpc) is 3.12. The average molecular weight is 441 g/mol. The van der Waals surface area contributed by atoms with Gasteiger partial charge < -0.3 is 30.3 Å². The minimum atomic E-state index is -0.803. The number of ether oxygens (including phenoxy) is 2. The van der Waals surface area contributed by atoms with Crippen molar-refractivity contribution in [3.05, 3.63) is 11.6 Å². The van der Waals surface area contributed by atoms with E-state index in [0.717, 1.165) is 51.4 Å². The zero-order chi connectivity index (χ0) is 22.7. The van der Waals surface area contributed by atoms with Crippen LogP contribution in [0.2, 0.25) is 0 Å². The second kappa shape index (κ2) is 13.2. The molecule has 1 saturated heterocycles. The summed E-state index contributed by atoms with van der Waals surface area (Å²) in [4.78, 5) is 24.1. The van der Waals surface area contributed by atoms with Gasteiger partial charge in [-0.1, -0.05) is 39.5 Å². The number of amides is 2. The molecule has 178 valence electrons. The Morgan fingerprint density at radius 2 is 1.74 bits per heavy atom. The zero-order valence-corrected chi connectivity index (χ0v) is 19.0. The van der Waals surface area contributed by atoms with Gasteiger partial charge in [0, 0.05) is 44.3 Å². The second-order valence-corrected chi connectivity index (χ2v) is 8.53. The molecule has 0 spiro atoms. The van der Waals surface area contributed by atoms with Crippen molar-refractivity contribution in [3.8, 4) is 0 Å². The van der Waals surface area contributed by atoms with Crippen molar-refractivity contribution in [1.82, 2.24) is 10.6 Å². The van der Waals surface area contributed by atoms with Crippen LogP contribution in [0.25, 0.3) is 0 Å². The SMILES string of the molecule is CCCCCC1(CCCCC)O[C@H]2[C@H](O)CC(C(=O)NCCC(=O)NCCO)=C[C@H]2O1. The van der Waals surface area contributed by atoms with E-state index in [1.807, 2.05) is 0 Å². The number of unbranched alkanes of at least 4 members (excludes halogenated alkanes) is 4. The molecule has 2 amide bonds. The van der Waals surface area contributed by atoms with Crippen LogP contribution in [0.4, 0.5) is 0 Å². The summed E-state index contributed by atoms with van der Waals surface area (Å²) in [7, 11) is 0. The number of carbonyl (C=O) groups is 2. The van der Waals surface area contributed by atoms with E-state index < -0.39 is 24.1 Å². The molecule has 8 nitrogen and oxygen atoms in total. The lowest BCUT2D eigenvalue weighted by molar-refractivity contribution is -0.190. The van der Waals surface area contributed by atoms with Gasteiger partial charge in [0.15, 0.2) is 5.79 Å². The molecule has 0 aromatic carbocycles. The summed E-state index contributed by atoms with van der Waals surface area (Å²) >= 11 is 0. The van der Waals surface area contributed by atoms with E-state index >= 15 is 0 Å². The molecule has 2 aliphatic rings. The predicted molar refractivity (Wildman–Crippen MR) is 117 cm³/mol. The van der Waals surface area contributed by atoms with Gasteiger partial charge in [-0.3, -0.25) is 9.59 Å². The first-order valence-electron chi connectivity index (χ1n) is 11.8. The Hall–Kier alpha value is -1.48. The zero-order valence-electron chi connectivity index (χ0n) is 19.0. The van der Waals surface area contributed by atoms with Crippen LogP contribution in [0.5, 0.6) is 0 Å². The highest BCUT2D eigenvalue weighted by Gasteiger charge is 2.50. The van der Waals surface area contributed by atoms with Crippen molar-refractivity contribution < 1.29 is 29.3 Å². The molecule has 0 aromatic rings. The van der Waals surface area contributed by atoms with Crippen molar-refractivity contribution in [2.45, 2.75) is 102 Å². The van der Waals surface area contributed by atoms with E-state index in [9.17, 15) is 14.7 Å². The molecule has 31 heavy (non-hydrogen) atoms. The third-order valence-electron chi connectivity index (χ3n) is 5.88. The highest BCUT2D eigenvalue weighted by molar-refractivity contribution is 5.94. The van der Waals surface area contributed by atoms with Crippen LogP contribution in [-0.2, 0) is 19.1 Å². The maximum atomic E-state index is 12.6. The van der Waals surface area contributed by atoms with E-state index in [1.165, 1.54) is 0 Å². The summed E-state index contributed by atoms with van der Waals surface area (Å²) in [5.41, 5.74) is 0.464. The molecule has 1 aliphatic carbocycles. The maximum Gasteiger partial charge on any atom is 0.247 e. The first-order valence-corrected chi connectivity index (χ1v) is 11.8. The lowest BCUT2D eigenvalue weighted by Gasteiger charge is -2.29. The van der Waals surface area contributed by atoms with Gasteiger partial charge in [-0.05, 0) is 18.9 Å². The fraction of sp³-hybridized carbons (Fsp3) is 0.826. The van der Waals surface area contributed by atoms with Gasteiger partial charge in [0.1, 0.15) is 12.2 Å². The van der Waals surface area contributed by atoms with E-state index in [1.54, 1.807) is 6.08 Å². The highest BCUT2D eigenvalue weighted by Crippen LogP contribution is 2.42. The smallest absolute Gasteiger partial charge is 0.247 e. The number of fused-ring (bicyclic) bond motifs is 1. The number of aliphatic hydroxyl groups is 2.